The summed E-state index contributed by atoms with van der Waals surface area (Å²) in [7, 11) is 0. The minimum Gasteiger partial charge on any atom is -0.274 e. The molecule has 0 fully saturated rings. The van der Waals surface area contributed by atoms with Crippen LogP contribution < -0.4 is 0 Å². The predicted molar refractivity (Wildman–Crippen MR) is 37.7 cm³/mol. The van der Waals surface area contributed by atoms with Crippen molar-refractivity contribution in [3.05, 3.63) is 0 Å². The average molecular weight is 130 g/mol. The molecule has 0 saturated heterocycles. The van der Waals surface area contributed by atoms with E-state index in [-0.39, 0.29) is 12.3 Å². The van der Waals surface area contributed by atoms with E-state index in [2.05, 4.69) is 20.8 Å². The second kappa shape index (κ2) is 3.18. The van der Waals surface area contributed by atoms with Crippen molar-refractivity contribution in [2.24, 2.45) is 0 Å². The topological polar surface area (TPSA) is 23.1 Å². The highest BCUT2D eigenvalue weighted by atomic mass is 16.3. The molecule has 0 aliphatic carbocycles. The molecule has 55 valence electrons. The van der Waals surface area contributed by atoms with Gasteiger partial charge in [0.05, 0.1) is 0 Å². The largest absolute Gasteiger partial charge is 0.274 e. The Hall–Kier alpha value is -0.0800. The van der Waals surface area contributed by atoms with Crippen LogP contribution in [0.2, 0.25) is 0 Å². The molecule has 0 aromatic heterocycles. The maximum atomic E-state index is 10.4. The fourth-order valence-electron chi connectivity index (χ4n) is 0.759. The Morgan fingerprint density at radius 1 is 1.33 bits per heavy atom. The van der Waals surface area contributed by atoms with Crippen molar-refractivity contribution in [3.8, 4) is 0 Å². The van der Waals surface area contributed by atoms with Gasteiger partial charge < -0.3 is 0 Å². The van der Waals surface area contributed by atoms with Crippen LogP contribution in [-0.4, -0.2) is 23.7 Å². The molecule has 2 heteroatoms. The zero-order chi connectivity index (χ0) is 7.49. The van der Waals surface area contributed by atoms with E-state index in [0.717, 1.165) is 6.54 Å². The van der Waals surface area contributed by atoms with Gasteiger partial charge >= 0.3 is 0 Å². The van der Waals surface area contributed by atoms with Gasteiger partial charge in [-0.3, -0.25) is 4.90 Å². The average Bonchev–Trinajstić information content (AvgIpc) is 1.65. The lowest BCUT2D eigenvalue weighted by Gasteiger charge is -2.31. The summed E-state index contributed by atoms with van der Waals surface area (Å²) in [5.41, 5.74) is 0.0382. The smallest absolute Gasteiger partial charge is 0.136 e. The first-order chi connectivity index (χ1) is 4.02. The van der Waals surface area contributed by atoms with E-state index < -0.39 is 0 Å². The number of hydrogen-bond donors (Lipinski definition) is 0. The Morgan fingerprint density at radius 2 is 1.78 bits per heavy atom. The van der Waals surface area contributed by atoms with Crippen molar-refractivity contribution in [1.29, 1.82) is 0 Å². The standard InChI is InChI=1S/C7H16NO/c1-5-8(6-9)7(2,3)4/h5-6H2,1-4H3. The normalized spacial score (nSPS) is 12.7. The molecule has 0 aliphatic rings. The summed E-state index contributed by atoms with van der Waals surface area (Å²) < 4.78 is 0. The Labute approximate surface area is 57.5 Å². The summed E-state index contributed by atoms with van der Waals surface area (Å²) >= 11 is 0. The van der Waals surface area contributed by atoms with Crippen molar-refractivity contribution in [2.75, 3.05) is 13.3 Å². The highest BCUT2D eigenvalue weighted by molar-refractivity contribution is 4.71. The zero-order valence-electron chi connectivity index (χ0n) is 6.77. The summed E-state index contributed by atoms with van der Waals surface area (Å²) in [5.74, 6) is 0. The van der Waals surface area contributed by atoms with Crippen molar-refractivity contribution < 1.29 is 5.11 Å². The fourth-order valence-corrected chi connectivity index (χ4v) is 0.759. The van der Waals surface area contributed by atoms with E-state index in [1.54, 1.807) is 0 Å². The monoisotopic (exact) mass is 130 g/mol. The summed E-state index contributed by atoms with van der Waals surface area (Å²) in [4.78, 5) is 1.88. The molecule has 0 aliphatic heterocycles. The van der Waals surface area contributed by atoms with Crippen LogP contribution in [0.5, 0.6) is 0 Å². The number of hydrogen-bond acceptors (Lipinski definition) is 1. The summed E-state index contributed by atoms with van der Waals surface area (Å²) in [6.45, 7) is 8.90. The third kappa shape index (κ3) is 2.82. The van der Waals surface area contributed by atoms with Crippen LogP contribution in [0.1, 0.15) is 27.7 Å². The van der Waals surface area contributed by atoms with Crippen molar-refractivity contribution >= 4 is 0 Å². The van der Waals surface area contributed by atoms with E-state index >= 15 is 0 Å². The summed E-state index contributed by atoms with van der Waals surface area (Å²) in [5, 5.41) is 10.4. The Balaban J connectivity index is 3.79. The van der Waals surface area contributed by atoms with Gasteiger partial charge in [-0.1, -0.05) is 6.92 Å². The Bertz CT molecular complexity index is 71.5. The summed E-state index contributed by atoms with van der Waals surface area (Å²) in [6, 6.07) is 0. The zero-order valence-corrected chi connectivity index (χ0v) is 6.77. The van der Waals surface area contributed by atoms with Gasteiger partial charge in [0.1, 0.15) is 6.73 Å². The molecule has 0 bridgehead atoms. The number of rotatable bonds is 2. The third-order valence-corrected chi connectivity index (χ3v) is 1.49. The molecular weight excluding hydrogens is 114 g/mol. The lowest BCUT2D eigenvalue weighted by atomic mass is 10.1. The van der Waals surface area contributed by atoms with Gasteiger partial charge in [-0.2, -0.15) is 0 Å². The van der Waals surface area contributed by atoms with Gasteiger partial charge in [0.2, 0.25) is 0 Å². The van der Waals surface area contributed by atoms with E-state index in [1.807, 2.05) is 11.8 Å². The van der Waals surface area contributed by atoms with E-state index in [9.17, 15) is 5.11 Å². The molecule has 0 atom stereocenters. The molecule has 0 spiro atoms. The lowest BCUT2D eigenvalue weighted by Crippen LogP contribution is -2.41. The van der Waals surface area contributed by atoms with E-state index in [0.29, 0.717) is 0 Å². The molecule has 0 rings (SSSR count). The Kier molecular flexibility index (Phi) is 3.15. The van der Waals surface area contributed by atoms with Crippen molar-refractivity contribution in [1.82, 2.24) is 4.90 Å². The second-order valence-corrected chi connectivity index (χ2v) is 3.16. The van der Waals surface area contributed by atoms with Gasteiger partial charge in [-0.25, -0.2) is 5.11 Å². The molecular formula is C7H16NO. The fraction of sp³-hybridized carbons (Fsp3) is 1.00. The van der Waals surface area contributed by atoms with Gasteiger partial charge in [-0.15, -0.1) is 0 Å². The minimum absolute atomic E-state index is 0.0382. The lowest BCUT2D eigenvalue weighted by molar-refractivity contribution is -0.00149. The molecule has 0 amide bonds. The first-order valence-electron chi connectivity index (χ1n) is 3.35. The highest BCUT2D eigenvalue weighted by Crippen LogP contribution is 2.10. The van der Waals surface area contributed by atoms with Crippen LogP contribution in [0.3, 0.4) is 0 Å². The molecule has 0 unspecified atom stereocenters. The molecule has 1 radical (unpaired) electrons. The first kappa shape index (κ1) is 8.92. The first-order valence-corrected chi connectivity index (χ1v) is 3.35. The van der Waals surface area contributed by atoms with Crippen molar-refractivity contribution in [2.45, 2.75) is 33.2 Å². The van der Waals surface area contributed by atoms with E-state index in [1.165, 1.54) is 0 Å². The van der Waals surface area contributed by atoms with Gasteiger partial charge in [0, 0.05) is 5.54 Å². The second-order valence-electron chi connectivity index (χ2n) is 3.16. The molecule has 0 aromatic rings. The van der Waals surface area contributed by atoms with Crippen LogP contribution in [0, 0.1) is 0 Å². The van der Waals surface area contributed by atoms with Crippen LogP contribution in [0.25, 0.3) is 0 Å². The third-order valence-electron chi connectivity index (χ3n) is 1.49. The predicted octanol–water partition coefficient (Wildman–Crippen LogP) is 1.49. The van der Waals surface area contributed by atoms with Gasteiger partial charge in [-0.05, 0) is 27.3 Å². The molecule has 0 saturated carbocycles. The van der Waals surface area contributed by atoms with Crippen LogP contribution in [-0.2, 0) is 5.11 Å². The molecule has 0 heterocycles. The van der Waals surface area contributed by atoms with E-state index in [4.69, 9.17) is 0 Å². The molecule has 9 heavy (non-hydrogen) atoms. The Morgan fingerprint density at radius 3 is 1.78 bits per heavy atom. The maximum Gasteiger partial charge on any atom is 0.136 e. The van der Waals surface area contributed by atoms with Crippen LogP contribution in [0.15, 0.2) is 0 Å². The van der Waals surface area contributed by atoms with Crippen molar-refractivity contribution in [3.63, 3.8) is 0 Å². The molecule has 2 nitrogen and oxygen atoms in total. The quantitative estimate of drug-likeness (QED) is 0.519. The van der Waals surface area contributed by atoms with Crippen LogP contribution >= 0.6 is 0 Å². The maximum absolute atomic E-state index is 10.4. The van der Waals surface area contributed by atoms with Gasteiger partial charge in [0.25, 0.3) is 0 Å². The van der Waals surface area contributed by atoms with Gasteiger partial charge in [0.15, 0.2) is 0 Å². The highest BCUT2D eigenvalue weighted by Gasteiger charge is 2.17. The SMILES string of the molecule is CCN(C[O])C(C)(C)C. The van der Waals surface area contributed by atoms with Crippen LogP contribution in [0.4, 0.5) is 0 Å². The molecule has 0 aromatic carbocycles. The minimum atomic E-state index is -0.0972. The number of nitrogens with zero attached hydrogens (tertiary/aromatic N) is 1. The summed E-state index contributed by atoms with van der Waals surface area (Å²) in [6.07, 6.45) is 0. The molecule has 0 N–H and O–H groups in total.